The summed E-state index contributed by atoms with van der Waals surface area (Å²) in [5.41, 5.74) is -4.75. The molecular weight excluding hydrogens is 351 g/mol. The van der Waals surface area contributed by atoms with Gasteiger partial charge in [-0.2, -0.15) is 21.6 Å². The predicted molar refractivity (Wildman–Crippen MR) is 76.6 cm³/mol. The molecule has 0 aromatic heterocycles. The van der Waals surface area contributed by atoms with Gasteiger partial charge in [-0.1, -0.05) is 30.3 Å². The van der Waals surface area contributed by atoms with Crippen LogP contribution in [0.1, 0.15) is 5.56 Å². The van der Waals surface area contributed by atoms with Crippen molar-refractivity contribution in [3.8, 4) is 0 Å². The van der Waals surface area contributed by atoms with Crippen LogP contribution in [0.25, 0.3) is 0 Å². The maximum Gasteiger partial charge on any atom is 0.534 e. The molecule has 130 valence electrons. The fourth-order valence-electron chi connectivity index (χ4n) is 1.65. The zero-order valence-electron chi connectivity index (χ0n) is 12.1. The fourth-order valence-corrected chi connectivity index (χ4v) is 2.13. The number of halogens is 3. The Labute approximate surface area is 135 Å². The number of alkyl halides is 3. The average Bonchev–Trinajstić information content (AvgIpc) is 2.53. The number of nitrogens with zero attached hydrogens (tertiary/aromatic N) is 1. The van der Waals surface area contributed by atoms with Crippen LogP contribution < -0.4 is 0 Å². The number of allylic oxidation sites excluding steroid dienone is 1. The number of carbonyl (C=O) groups is 1. The van der Waals surface area contributed by atoms with Gasteiger partial charge in [0.05, 0.1) is 6.54 Å². The van der Waals surface area contributed by atoms with Gasteiger partial charge >= 0.3 is 21.7 Å². The van der Waals surface area contributed by atoms with Crippen molar-refractivity contribution in [1.82, 2.24) is 4.90 Å². The molecule has 0 N–H and O–H groups in total. The smallest absolute Gasteiger partial charge is 0.444 e. The van der Waals surface area contributed by atoms with Crippen molar-refractivity contribution < 1.29 is 35.3 Å². The van der Waals surface area contributed by atoms with Gasteiger partial charge in [0, 0.05) is 6.20 Å². The van der Waals surface area contributed by atoms with Crippen LogP contribution in [0.3, 0.4) is 0 Å². The van der Waals surface area contributed by atoms with E-state index in [-0.39, 0.29) is 13.2 Å². The summed E-state index contributed by atoms with van der Waals surface area (Å²) in [5.74, 6) is -0.528. The van der Waals surface area contributed by atoms with Gasteiger partial charge in [-0.3, -0.25) is 4.90 Å². The van der Waals surface area contributed by atoms with E-state index >= 15 is 0 Å². The third kappa shape index (κ3) is 4.51. The lowest BCUT2D eigenvalue weighted by atomic mass is 10.2. The van der Waals surface area contributed by atoms with Gasteiger partial charge in [0.1, 0.15) is 12.4 Å². The number of hydrogen-bond donors (Lipinski definition) is 0. The number of amides is 1. The highest BCUT2D eigenvalue weighted by molar-refractivity contribution is 7.87. The molecule has 6 nitrogen and oxygen atoms in total. The number of rotatable bonds is 4. The normalized spacial score (nSPS) is 15.0. The average molecular weight is 363 g/mol. The van der Waals surface area contributed by atoms with Crippen molar-refractivity contribution in [1.29, 1.82) is 0 Å². The molecule has 0 atom stereocenters. The number of benzene rings is 1. The molecule has 0 radical (unpaired) electrons. The van der Waals surface area contributed by atoms with Crippen LogP contribution in [0.2, 0.25) is 0 Å². The van der Waals surface area contributed by atoms with Gasteiger partial charge < -0.3 is 8.92 Å². The molecule has 0 bridgehead atoms. The number of carbonyl (C=O) groups excluding carboxylic acids is 1. The summed E-state index contributed by atoms with van der Waals surface area (Å²) in [6, 6.07) is 8.87. The highest BCUT2D eigenvalue weighted by Crippen LogP contribution is 2.27. The molecule has 10 heteroatoms. The molecule has 0 saturated heterocycles. The molecule has 24 heavy (non-hydrogen) atoms. The Balaban J connectivity index is 1.89. The van der Waals surface area contributed by atoms with E-state index in [1.54, 1.807) is 30.3 Å². The Morgan fingerprint density at radius 1 is 1.21 bits per heavy atom. The van der Waals surface area contributed by atoms with Crippen LogP contribution in [0, 0.1) is 0 Å². The number of hydrogen-bond acceptors (Lipinski definition) is 5. The lowest BCUT2D eigenvalue weighted by molar-refractivity contribution is -0.0520. The van der Waals surface area contributed by atoms with E-state index in [0.717, 1.165) is 28.8 Å². The topological polar surface area (TPSA) is 72.9 Å². The summed E-state index contributed by atoms with van der Waals surface area (Å²) in [4.78, 5) is 12.9. The first kappa shape index (κ1) is 17.9. The lowest BCUT2D eigenvalue weighted by Crippen LogP contribution is -2.30. The summed E-state index contributed by atoms with van der Waals surface area (Å²) in [6.07, 6.45) is 2.29. The van der Waals surface area contributed by atoms with E-state index in [4.69, 9.17) is 4.74 Å². The molecule has 1 amide bonds. The van der Waals surface area contributed by atoms with Gasteiger partial charge in [0.15, 0.2) is 0 Å². The molecule has 1 aromatic rings. The Bertz CT molecular complexity index is 756. The highest BCUT2D eigenvalue weighted by atomic mass is 32.2. The van der Waals surface area contributed by atoms with Crippen molar-refractivity contribution in [2.75, 3.05) is 6.54 Å². The first-order chi connectivity index (χ1) is 11.2. The van der Waals surface area contributed by atoms with Crippen molar-refractivity contribution in [3.63, 3.8) is 0 Å². The maximum atomic E-state index is 12.2. The zero-order valence-corrected chi connectivity index (χ0v) is 12.9. The van der Waals surface area contributed by atoms with E-state index in [0.29, 0.717) is 0 Å². The molecule has 1 aromatic carbocycles. The van der Waals surface area contributed by atoms with E-state index in [9.17, 15) is 26.4 Å². The molecule has 1 aliphatic rings. The van der Waals surface area contributed by atoms with Crippen LogP contribution in [-0.4, -0.2) is 31.5 Å². The van der Waals surface area contributed by atoms with Gasteiger partial charge in [-0.05, 0) is 17.7 Å². The van der Waals surface area contributed by atoms with E-state index in [2.05, 4.69) is 4.18 Å². The Hall–Kier alpha value is -2.49. The minimum absolute atomic E-state index is 0.0273. The first-order valence-electron chi connectivity index (χ1n) is 6.55. The predicted octanol–water partition coefficient (Wildman–Crippen LogP) is 2.90. The zero-order chi connectivity index (χ0) is 17.8. The Morgan fingerprint density at radius 2 is 1.88 bits per heavy atom. The highest BCUT2D eigenvalue weighted by Gasteiger charge is 2.48. The Kier molecular flexibility index (Phi) is 5.17. The monoisotopic (exact) mass is 363 g/mol. The third-order valence-electron chi connectivity index (χ3n) is 2.84. The minimum atomic E-state index is -5.74. The van der Waals surface area contributed by atoms with Crippen LogP contribution in [0.15, 0.2) is 54.4 Å². The molecule has 0 saturated carbocycles. The summed E-state index contributed by atoms with van der Waals surface area (Å²) >= 11 is 0. The lowest BCUT2D eigenvalue weighted by Gasteiger charge is -2.20. The van der Waals surface area contributed by atoms with Crippen LogP contribution in [0.5, 0.6) is 0 Å². The molecule has 1 aliphatic heterocycles. The SMILES string of the molecule is O=C(OCc1ccccc1)N1C=CC(OS(=O)(=O)C(F)(F)F)=CC1. The van der Waals surface area contributed by atoms with Gasteiger partial charge in [0.25, 0.3) is 0 Å². The van der Waals surface area contributed by atoms with Crippen LogP contribution >= 0.6 is 0 Å². The van der Waals surface area contributed by atoms with Gasteiger partial charge in [0.2, 0.25) is 0 Å². The van der Waals surface area contributed by atoms with Crippen molar-refractivity contribution in [2.45, 2.75) is 12.1 Å². The minimum Gasteiger partial charge on any atom is -0.444 e. The van der Waals surface area contributed by atoms with E-state index < -0.39 is 27.5 Å². The van der Waals surface area contributed by atoms with Crippen molar-refractivity contribution in [3.05, 3.63) is 60.0 Å². The largest absolute Gasteiger partial charge is 0.534 e. The van der Waals surface area contributed by atoms with Crippen LogP contribution in [0.4, 0.5) is 18.0 Å². The summed E-state index contributed by atoms with van der Waals surface area (Å²) in [7, 11) is -5.74. The maximum absolute atomic E-state index is 12.2. The number of ether oxygens (including phenoxy) is 1. The molecule has 0 fully saturated rings. The quantitative estimate of drug-likeness (QED) is 0.608. The van der Waals surface area contributed by atoms with Crippen LogP contribution in [-0.2, 0) is 25.6 Å². The van der Waals surface area contributed by atoms with Gasteiger partial charge in [-0.25, -0.2) is 4.79 Å². The third-order valence-corrected chi connectivity index (χ3v) is 3.82. The van der Waals surface area contributed by atoms with Gasteiger partial charge in [-0.15, -0.1) is 0 Å². The van der Waals surface area contributed by atoms with Crippen molar-refractivity contribution in [2.24, 2.45) is 0 Å². The Morgan fingerprint density at radius 3 is 2.42 bits per heavy atom. The molecule has 2 rings (SSSR count). The summed E-state index contributed by atoms with van der Waals surface area (Å²) in [6.45, 7) is -0.160. The van der Waals surface area contributed by atoms with E-state index in [1.165, 1.54) is 0 Å². The molecule has 0 spiro atoms. The first-order valence-corrected chi connectivity index (χ1v) is 7.96. The standard InChI is InChI=1S/C14H12F3NO5S/c15-14(16,17)24(20,21)23-12-6-8-18(9-7-12)13(19)22-10-11-4-2-1-3-5-11/h1-8H,9-10H2. The molecule has 1 heterocycles. The van der Waals surface area contributed by atoms with E-state index in [1.807, 2.05) is 0 Å². The second kappa shape index (κ2) is 6.95. The summed E-state index contributed by atoms with van der Waals surface area (Å²) in [5, 5.41) is 0. The molecular formula is C14H12F3NO5S. The van der Waals surface area contributed by atoms with Crippen molar-refractivity contribution >= 4 is 16.2 Å². The summed E-state index contributed by atoms with van der Waals surface area (Å²) < 4.78 is 67.3. The molecule has 0 unspecified atom stereocenters. The second-order valence-electron chi connectivity index (χ2n) is 4.60. The second-order valence-corrected chi connectivity index (χ2v) is 6.14. The fraction of sp³-hybridized carbons (Fsp3) is 0.214. The molecule has 0 aliphatic carbocycles.